The molecule has 0 radical (unpaired) electrons. The normalized spacial score (nSPS) is 13.5. The number of halogens is 4. The second-order valence-corrected chi connectivity index (χ2v) is 6.38. The topological polar surface area (TPSA) is 100 Å². The number of hydrogen-bond donors (Lipinski definition) is 4. The molecule has 0 bridgehead atoms. The smallest absolute Gasteiger partial charge is 0.418 e. The van der Waals surface area contributed by atoms with Gasteiger partial charge in [-0.3, -0.25) is 4.79 Å². The number of nitrogens with one attached hydrogen (secondary N) is 2. The van der Waals surface area contributed by atoms with E-state index in [4.69, 9.17) is 9.99 Å². The second-order valence-electron chi connectivity index (χ2n) is 6.38. The second kappa shape index (κ2) is 8.64. The van der Waals surface area contributed by atoms with Gasteiger partial charge in [-0.15, -0.1) is 4.99 Å². The first-order valence-corrected chi connectivity index (χ1v) is 8.14. The number of ether oxygens (including phenoxy) is 1. The van der Waals surface area contributed by atoms with Gasteiger partial charge in [-0.2, -0.15) is 13.2 Å². The summed E-state index contributed by atoms with van der Waals surface area (Å²) >= 11 is 0. The average Bonchev–Trinajstić information content (AvgIpc) is 2.61. The highest BCUT2D eigenvalue weighted by molar-refractivity contribution is 5.97. The number of aliphatic hydroxyl groups is 1. The van der Waals surface area contributed by atoms with Crippen molar-refractivity contribution in [2.24, 2.45) is 0 Å². The van der Waals surface area contributed by atoms with E-state index in [1.807, 2.05) is 0 Å². The van der Waals surface area contributed by atoms with Crippen molar-refractivity contribution in [1.82, 2.24) is 0 Å². The van der Waals surface area contributed by atoms with E-state index in [0.29, 0.717) is 11.6 Å². The quantitative estimate of drug-likeness (QED) is 0.311. The molecular formula is C18H18F4N2O5. The van der Waals surface area contributed by atoms with Crippen LogP contribution in [-0.4, -0.2) is 28.5 Å². The van der Waals surface area contributed by atoms with Gasteiger partial charge in [-0.1, -0.05) is 0 Å². The predicted octanol–water partition coefficient (Wildman–Crippen LogP) is 3.74. The van der Waals surface area contributed by atoms with Gasteiger partial charge in [-0.05, 0) is 55.8 Å². The molecule has 7 nitrogen and oxygen atoms in total. The molecule has 0 spiro atoms. The lowest BCUT2D eigenvalue weighted by Crippen LogP contribution is -2.45. The van der Waals surface area contributed by atoms with Crippen LogP contribution in [0.1, 0.15) is 18.1 Å². The molecular weight excluding hydrogens is 400 g/mol. The highest BCUT2D eigenvalue weighted by Gasteiger charge is 2.35. The zero-order valence-electron chi connectivity index (χ0n) is 15.3. The van der Waals surface area contributed by atoms with Crippen molar-refractivity contribution in [3.8, 4) is 5.75 Å². The first-order valence-electron chi connectivity index (χ1n) is 8.14. The molecule has 0 aromatic heterocycles. The van der Waals surface area contributed by atoms with Crippen molar-refractivity contribution >= 4 is 17.3 Å². The van der Waals surface area contributed by atoms with Crippen LogP contribution in [0.25, 0.3) is 0 Å². The van der Waals surface area contributed by atoms with Crippen molar-refractivity contribution in [2.75, 3.05) is 17.4 Å². The van der Waals surface area contributed by atoms with Gasteiger partial charge in [0, 0.05) is 5.69 Å². The SMILES string of the molecule is Cc1cc(F)ccc1OCC(C)(O)C(=O)Nc1ccc(NOO)c(C(F)(F)F)c1. The molecule has 0 saturated heterocycles. The Balaban J connectivity index is 2.13. The number of amides is 1. The maximum atomic E-state index is 13.1. The number of aryl methyl sites for hydroxylation is 1. The van der Waals surface area contributed by atoms with E-state index >= 15 is 0 Å². The number of hydrogen-bond acceptors (Lipinski definition) is 6. The van der Waals surface area contributed by atoms with Gasteiger partial charge in [0.1, 0.15) is 18.2 Å². The van der Waals surface area contributed by atoms with Gasteiger partial charge < -0.3 is 15.2 Å². The Morgan fingerprint density at radius 2 is 1.86 bits per heavy atom. The first kappa shape index (κ1) is 22.4. The highest BCUT2D eigenvalue weighted by Crippen LogP contribution is 2.36. The standard InChI is InChI=1S/C18H18F4N2O5/c1-10-7-11(19)3-6-15(10)28-9-17(2,26)16(25)23-12-4-5-14(24-29-27)13(8-12)18(20,21)22/h3-8,24,26-27H,9H2,1-2H3,(H,23,25). The van der Waals surface area contributed by atoms with Crippen molar-refractivity contribution < 1.29 is 42.4 Å². The molecule has 2 aromatic carbocycles. The maximum absolute atomic E-state index is 13.1. The summed E-state index contributed by atoms with van der Waals surface area (Å²) in [6.07, 6.45) is -4.81. The lowest BCUT2D eigenvalue weighted by molar-refractivity contribution is -0.216. The van der Waals surface area contributed by atoms with Crippen molar-refractivity contribution in [3.63, 3.8) is 0 Å². The van der Waals surface area contributed by atoms with Gasteiger partial charge >= 0.3 is 6.18 Å². The summed E-state index contributed by atoms with van der Waals surface area (Å²) in [4.78, 5) is 15.8. The lowest BCUT2D eigenvalue weighted by atomic mass is 10.1. The van der Waals surface area contributed by atoms with Crippen LogP contribution in [0.3, 0.4) is 0 Å². The summed E-state index contributed by atoms with van der Waals surface area (Å²) in [6.45, 7) is 2.15. The minimum Gasteiger partial charge on any atom is -0.490 e. The Morgan fingerprint density at radius 1 is 1.17 bits per heavy atom. The molecule has 1 atom stereocenters. The molecule has 158 valence electrons. The molecule has 11 heteroatoms. The van der Waals surface area contributed by atoms with Crippen LogP contribution in [0.2, 0.25) is 0 Å². The Hall–Kier alpha value is -2.89. The minimum atomic E-state index is -4.81. The number of benzene rings is 2. The summed E-state index contributed by atoms with van der Waals surface area (Å²) < 4.78 is 57.8. The molecule has 0 fully saturated rings. The van der Waals surface area contributed by atoms with E-state index in [2.05, 4.69) is 10.3 Å². The molecule has 0 heterocycles. The van der Waals surface area contributed by atoms with Crippen LogP contribution in [0.5, 0.6) is 5.75 Å². The van der Waals surface area contributed by atoms with Crippen LogP contribution in [0.4, 0.5) is 28.9 Å². The van der Waals surface area contributed by atoms with Crippen LogP contribution < -0.4 is 15.5 Å². The third kappa shape index (κ3) is 5.79. The van der Waals surface area contributed by atoms with E-state index in [-0.39, 0.29) is 11.4 Å². The van der Waals surface area contributed by atoms with Gasteiger partial charge in [0.25, 0.3) is 5.91 Å². The Kier molecular flexibility index (Phi) is 6.67. The molecule has 2 rings (SSSR count). The third-order valence-electron chi connectivity index (χ3n) is 3.87. The Morgan fingerprint density at radius 3 is 2.45 bits per heavy atom. The van der Waals surface area contributed by atoms with Crippen molar-refractivity contribution in [3.05, 3.63) is 53.3 Å². The molecule has 29 heavy (non-hydrogen) atoms. The van der Waals surface area contributed by atoms with E-state index in [0.717, 1.165) is 25.1 Å². The van der Waals surface area contributed by atoms with Gasteiger partial charge in [-0.25, -0.2) is 15.1 Å². The van der Waals surface area contributed by atoms with Gasteiger partial charge in [0.15, 0.2) is 5.60 Å². The minimum absolute atomic E-state index is 0.235. The summed E-state index contributed by atoms with van der Waals surface area (Å²) in [6, 6.07) is 6.29. The molecule has 0 aliphatic rings. The van der Waals surface area contributed by atoms with Crippen molar-refractivity contribution in [1.29, 1.82) is 0 Å². The fraction of sp³-hybridized carbons (Fsp3) is 0.278. The average molecular weight is 418 g/mol. The molecule has 1 amide bonds. The van der Waals surface area contributed by atoms with E-state index in [1.165, 1.54) is 12.1 Å². The molecule has 0 saturated carbocycles. The molecule has 2 aromatic rings. The number of anilines is 2. The Bertz CT molecular complexity index is 887. The first-order chi connectivity index (χ1) is 13.4. The highest BCUT2D eigenvalue weighted by atomic mass is 19.4. The summed E-state index contributed by atoms with van der Waals surface area (Å²) in [7, 11) is 0. The molecule has 0 aliphatic carbocycles. The summed E-state index contributed by atoms with van der Waals surface area (Å²) in [5.41, 5.74) is -2.07. The number of alkyl halides is 3. The van der Waals surface area contributed by atoms with Crippen LogP contribution in [-0.2, 0) is 16.0 Å². The molecule has 0 aliphatic heterocycles. The zero-order chi connectivity index (χ0) is 21.8. The Labute approximate surface area is 162 Å². The third-order valence-corrected chi connectivity index (χ3v) is 3.87. The van der Waals surface area contributed by atoms with Crippen LogP contribution >= 0.6 is 0 Å². The van der Waals surface area contributed by atoms with E-state index < -0.39 is 41.4 Å². The lowest BCUT2D eigenvalue weighted by Gasteiger charge is -2.23. The zero-order valence-corrected chi connectivity index (χ0v) is 15.3. The van der Waals surface area contributed by atoms with Gasteiger partial charge in [0.2, 0.25) is 0 Å². The predicted molar refractivity (Wildman–Crippen MR) is 94.7 cm³/mol. The fourth-order valence-electron chi connectivity index (χ4n) is 2.32. The summed E-state index contributed by atoms with van der Waals surface area (Å²) in [5.74, 6) is -1.27. The monoisotopic (exact) mass is 418 g/mol. The number of carbonyl (C=O) groups is 1. The largest absolute Gasteiger partial charge is 0.490 e. The van der Waals surface area contributed by atoms with Crippen LogP contribution in [0.15, 0.2) is 36.4 Å². The van der Waals surface area contributed by atoms with Crippen LogP contribution in [0, 0.1) is 12.7 Å². The summed E-state index contributed by atoms with van der Waals surface area (Å²) in [5, 5.41) is 20.8. The van der Waals surface area contributed by atoms with Crippen molar-refractivity contribution in [2.45, 2.75) is 25.6 Å². The van der Waals surface area contributed by atoms with E-state index in [9.17, 15) is 27.5 Å². The fourth-order valence-corrected chi connectivity index (χ4v) is 2.32. The maximum Gasteiger partial charge on any atom is 0.418 e. The number of carbonyl (C=O) groups excluding carboxylic acids is 1. The number of rotatable bonds is 7. The van der Waals surface area contributed by atoms with E-state index in [1.54, 1.807) is 12.4 Å². The molecule has 4 N–H and O–H groups in total. The van der Waals surface area contributed by atoms with Gasteiger partial charge in [0.05, 0.1) is 11.3 Å². The molecule has 1 unspecified atom stereocenters.